The first-order valence-corrected chi connectivity index (χ1v) is 11.7. The highest BCUT2D eigenvalue weighted by molar-refractivity contribution is 6.33. The lowest BCUT2D eigenvalue weighted by Crippen LogP contribution is -2.43. The van der Waals surface area contributed by atoms with Crippen molar-refractivity contribution in [3.8, 4) is 23.0 Å². The van der Waals surface area contributed by atoms with E-state index in [1.807, 2.05) is 18.2 Å². The van der Waals surface area contributed by atoms with E-state index in [-0.39, 0.29) is 12.0 Å². The molecule has 190 valence electrons. The molecule has 1 aromatic heterocycles. The summed E-state index contributed by atoms with van der Waals surface area (Å²) >= 11 is 6.12. The van der Waals surface area contributed by atoms with Gasteiger partial charge in [-0.25, -0.2) is 4.79 Å². The monoisotopic (exact) mass is 520 g/mol. The summed E-state index contributed by atoms with van der Waals surface area (Å²) in [5.74, 6) is 1.30. The second-order valence-corrected chi connectivity index (χ2v) is 8.42. The molecule has 0 saturated heterocycles. The number of esters is 1. The molecular formula is C28H25ClN2O6. The molecule has 0 saturated carbocycles. The van der Waals surface area contributed by atoms with Crippen LogP contribution in [0.4, 0.5) is 0 Å². The molecule has 0 fully saturated rings. The van der Waals surface area contributed by atoms with Crippen LogP contribution in [0.1, 0.15) is 15.9 Å². The molecular weight excluding hydrogens is 496 g/mol. The van der Waals surface area contributed by atoms with Gasteiger partial charge in [0.05, 0.1) is 37.4 Å². The Hall–Kier alpha value is -4.30. The lowest BCUT2D eigenvalue weighted by atomic mass is 10.0. The Balaban J connectivity index is 1.51. The van der Waals surface area contributed by atoms with Gasteiger partial charge in [0, 0.05) is 24.1 Å². The number of carbonyl (C=O) groups is 2. The summed E-state index contributed by atoms with van der Waals surface area (Å²) in [7, 11) is 4.41. The molecule has 0 bridgehead atoms. The number of nitrogens with one attached hydrogen (secondary N) is 1. The van der Waals surface area contributed by atoms with Crippen molar-refractivity contribution in [2.45, 2.75) is 12.5 Å². The summed E-state index contributed by atoms with van der Waals surface area (Å²) in [6.45, 7) is 0. The van der Waals surface area contributed by atoms with Gasteiger partial charge in [-0.1, -0.05) is 35.9 Å². The van der Waals surface area contributed by atoms with E-state index in [0.717, 1.165) is 10.9 Å². The molecule has 0 spiro atoms. The highest BCUT2D eigenvalue weighted by atomic mass is 35.5. The van der Waals surface area contributed by atoms with Crippen LogP contribution < -0.4 is 19.5 Å². The van der Waals surface area contributed by atoms with E-state index in [4.69, 9.17) is 30.5 Å². The highest BCUT2D eigenvalue weighted by Gasteiger charge is 2.23. The maximum absolute atomic E-state index is 12.7. The number of methoxy groups -OCH3 is 3. The molecule has 1 heterocycles. The average Bonchev–Trinajstić information content (AvgIpc) is 2.92. The quantitative estimate of drug-likeness (QED) is 0.302. The predicted molar refractivity (Wildman–Crippen MR) is 140 cm³/mol. The van der Waals surface area contributed by atoms with Crippen LogP contribution in [-0.4, -0.2) is 44.2 Å². The standard InChI is InChI=1S/C28H25ClN2O6/c1-34-25-15-20-22(16-26(25)35-2)30-13-12-24(20)37-18-10-8-17(9-11-18)14-23(28(33)36-3)31-27(32)19-6-4-5-7-21(19)29/h4-13,15-16,23H,14H2,1-3H3,(H,31,32). The zero-order valence-corrected chi connectivity index (χ0v) is 21.2. The number of hydrogen-bond donors (Lipinski definition) is 1. The average molecular weight is 521 g/mol. The molecule has 1 N–H and O–H groups in total. The summed E-state index contributed by atoms with van der Waals surface area (Å²) in [4.78, 5) is 29.5. The zero-order chi connectivity index (χ0) is 26.4. The SMILES string of the molecule is COC(=O)C(Cc1ccc(Oc2ccnc3cc(OC)c(OC)cc23)cc1)NC(=O)c1ccccc1Cl. The van der Waals surface area contributed by atoms with Crippen LogP contribution in [0.25, 0.3) is 10.9 Å². The van der Waals surface area contributed by atoms with Crippen molar-refractivity contribution in [1.82, 2.24) is 10.3 Å². The van der Waals surface area contributed by atoms with Gasteiger partial charge in [-0.2, -0.15) is 0 Å². The molecule has 1 amide bonds. The Bertz CT molecular complexity index is 1420. The lowest BCUT2D eigenvalue weighted by molar-refractivity contribution is -0.142. The Morgan fingerprint density at radius 1 is 0.919 bits per heavy atom. The van der Waals surface area contributed by atoms with Gasteiger partial charge in [0.1, 0.15) is 17.5 Å². The summed E-state index contributed by atoms with van der Waals surface area (Å²) in [6.07, 6.45) is 1.87. The van der Waals surface area contributed by atoms with Gasteiger partial charge >= 0.3 is 5.97 Å². The molecule has 1 atom stereocenters. The second kappa shape index (κ2) is 11.6. The number of nitrogens with zero attached hydrogens (tertiary/aromatic N) is 1. The molecule has 8 nitrogen and oxygen atoms in total. The third-order valence-corrected chi connectivity index (χ3v) is 6.04. The minimum atomic E-state index is -0.896. The first-order chi connectivity index (χ1) is 17.9. The van der Waals surface area contributed by atoms with Crippen molar-refractivity contribution in [2.24, 2.45) is 0 Å². The van der Waals surface area contributed by atoms with Crippen LogP contribution in [0, 0.1) is 0 Å². The summed E-state index contributed by atoms with van der Waals surface area (Å²) < 4.78 is 21.8. The minimum absolute atomic E-state index is 0.221. The fourth-order valence-electron chi connectivity index (χ4n) is 3.81. The molecule has 1 unspecified atom stereocenters. The van der Waals surface area contributed by atoms with Gasteiger partial charge in [0.15, 0.2) is 11.5 Å². The van der Waals surface area contributed by atoms with Crippen LogP contribution in [-0.2, 0) is 16.0 Å². The highest BCUT2D eigenvalue weighted by Crippen LogP contribution is 2.36. The Morgan fingerprint density at radius 3 is 2.30 bits per heavy atom. The van der Waals surface area contributed by atoms with Crippen LogP contribution in [0.15, 0.2) is 72.9 Å². The number of hydrogen-bond acceptors (Lipinski definition) is 7. The number of amides is 1. The lowest BCUT2D eigenvalue weighted by Gasteiger charge is -2.17. The maximum atomic E-state index is 12.7. The molecule has 4 aromatic rings. The normalized spacial score (nSPS) is 11.5. The summed E-state index contributed by atoms with van der Waals surface area (Å²) in [5, 5.41) is 3.77. The predicted octanol–water partition coefficient (Wildman–Crippen LogP) is 5.21. The number of benzene rings is 3. The maximum Gasteiger partial charge on any atom is 0.328 e. The van der Waals surface area contributed by atoms with Gasteiger partial charge in [0.2, 0.25) is 0 Å². The van der Waals surface area contributed by atoms with Gasteiger partial charge in [-0.05, 0) is 42.0 Å². The van der Waals surface area contributed by atoms with Crippen LogP contribution in [0.5, 0.6) is 23.0 Å². The van der Waals surface area contributed by atoms with Gasteiger partial charge in [0.25, 0.3) is 5.91 Å². The van der Waals surface area contributed by atoms with E-state index in [1.165, 1.54) is 7.11 Å². The fourth-order valence-corrected chi connectivity index (χ4v) is 4.03. The van der Waals surface area contributed by atoms with Crippen molar-refractivity contribution < 1.29 is 28.5 Å². The smallest absolute Gasteiger partial charge is 0.328 e. The van der Waals surface area contributed by atoms with E-state index in [1.54, 1.807) is 68.9 Å². The third kappa shape index (κ3) is 5.92. The van der Waals surface area contributed by atoms with E-state index in [9.17, 15) is 9.59 Å². The van der Waals surface area contributed by atoms with E-state index >= 15 is 0 Å². The van der Waals surface area contributed by atoms with Crippen LogP contribution >= 0.6 is 11.6 Å². The van der Waals surface area contributed by atoms with Crippen molar-refractivity contribution in [2.75, 3.05) is 21.3 Å². The fraction of sp³-hybridized carbons (Fsp3) is 0.179. The van der Waals surface area contributed by atoms with E-state index in [0.29, 0.717) is 33.5 Å². The molecule has 9 heteroatoms. The number of pyridine rings is 1. The topological polar surface area (TPSA) is 96.0 Å². The molecule has 0 aliphatic carbocycles. The minimum Gasteiger partial charge on any atom is -0.493 e. The first-order valence-electron chi connectivity index (χ1n) is 11.3. The van der Waals surface area contributed by atoms with Gasteiger partial charge in [-0.15, -0.1) is 0 Å². The number of ether oxygens (including phenoxy) is 4. The van der Waals surface area contributed by atoms with Crippen molar-refractivity contribution >= 4 is 34.4 Å². The molecule has 37 heavy (non-hydrogen) atoms. The molecule has 0 radical (unpaired) electrons. The molecule has 4 rings (SSSR count). The Labute approximate surface area is 219 Å². The summed E-state index contributed by atoms with van der Waals surface area (Å²) in [5.41, 5.74) is 1.77. The van der Waals surface area contributed by atoms with Crippen molar-refractivity contribution in [3.05, 3.63) is 89.1 Å². The van der Waals surface area contributed by atoms with E-state index in [2.05, 4.69) is 10.3 Å². The Kier molecular flexibility index (Phi) is 8.10. The molecule has 0 aliphatic rings. The van der Waals surface area contributed by atoms with E-state index < -0.39 is 17.9 Å². The van der Waals surface area contributed by atoms with Crippen LogP contribution in [0.2, 0.25) is 5.02 Å². The largest absolute Gasteiger partial charge is 0.493 e. The Morgan fingerprint density at radius 2 is 1.62 bits per heavy atom. The number of fused-ring (bicyclic) bond motifs is 1. The third-order valence-electron chi connectivity index (χ3n) is 5.71. The van der Waals surface area contributed by atoms with Crippen molar-refractivity contribution in [1.29, 1.82) is 0 Å². The van der Waals surface area contributed by atoms with Crippen molar-refractivity contribution in [3.63, 3.8) is 0 Å². The second-order valence-electron chi connectivity index (χ2n) is 8.01. The molecule has 0 aliphatic heterocycles. The zero-order valence-electron chi connectivity index (χ0n) is 20.5. The van der Waals surface area contributed by atoms with Crippen LogP contribution in [0.3, 0.4) is 0 Å². The first kappa shape index (κ1) is 25.8. The van der Waals surface area contributed by atoms with Gasteiger partial charge < -0.3 is 24.3 Å². The number of aromatic nitrogens is 1. The molecule has 3 aromatic carbocycles. The summed E-state index contributed by atoms with van der Waals surface area (Å²) in [6, 6.07) is 18.3. The number of rotatable bonds is 9. The van der Waals surface area contributed by atoms with Gasteiger partial charge in [-0.3, -0.25) is 9.78 Å². The number of halogens is 1. The number of carbonyl (C=O) groups excluding carboxylic acids is 2.